The average Bonchev–Trinajstić information content (AvgIpc) is 2.56. The van der Waals surface area contributed by atoms with Gasteiger partial charge in [-0.1, -0.05) is 6.07 Å². The van der Waals surface area contributed by atoms with E-state index in [1.807, 2.05) is 0 Å². The van der Waals surface area contributed by atoms with Crippen LogP contribution in [-0.2, 0) is 6.61 Å². The van der Waals surface area contributed by atoms with Crippen LogP contribution in [0.1, 0.15) is 15.9 Å². The van der Waals surface area contributed by atoms with Crippen molar-refractivity contribution in [1.29, 1.82) is 0 Å². The molecule has 0 saturated carbocycles. The van der Waals surface area contributed by atoms with Crippen LogP contribution in [-0.4, -0.2) is 25.7 Å². The van der Waals surface area contributed by atoms with Crippen molar-refractivity contribution in [1.82, 2.24) is 14.7 Å². The minimum Gasteiger partial charge on any atom is -0.506 e. The van der Waals surface area contributed by atoms with E-state index in [0.29, 0.717) is 4.73 Å². The number of hydrogen-bond donors (Lipinski definition) is 2. The van der Waals surface area contributed by atoms with E-state index in [1.54, 1.807) is 0 Å². The zero-order chi connectivity index (χ0) is 18.1. The van der Waals surface area contributed by atoms with Crippen LogP contribution in [0.5, 0.6) is 5.75 Å². The second-order valence-corrected chi connectivity index (χ2v) is 4.92. The first kappa shape index (κ1) is 16.3. The molecule has 0 unspecified atom stereocenters. The lowest BCUT2D eigenvalue weighted by atomic mass is 10.2. The maximum absolute atomic E-state index is 13.7. The quantitative estimate of drug-likeness (QED) is 0.708. The van der Waals surface area contributed by atoms with Crippen molar-refractivity contribution < 1.29 is 23.5 Å². The maximum atomic E-state index is 13.7. The first-order valence-corrected chi connectivity index (χ1v) is 6.85. The number of rotatable bonds is 4. The number of carbonyl (C=O) groups is 1. The molecule has 0 bridgehead atoms. The molecule has 0 radical (unpaired) electrons. The number of amides is 1. The molecule has 0 aliphatic rings. The highest BCUT2D eigenvalue weighted by Crippen LogP contribution is 2.23. The lowest BCUT2D eigenvalue weighted by Crippen LogP contribution is -2.34. The van der Waals surface area contributed by atoms with Gasteiger partial charge >= 0.3 is 5.56 Å². The Hall–Kier alpha value is -3.56. The summed E-state index contributed by atoms with van der Waals surface area (Å²) >= 11 is 0. The smallest absolute Gasteiger partial charge is 0.301 e. The van der Waals surface area contributed by atoms with Gasteiger partial charge in [0.25, 0.3) is 5.91 Å². The van der Waals surface area contributed by atoms with E-state index in [0.717, 1.165) is 24.7 Å². The molecule has 0 aliphatic carbocycles. The number of nitrogens with zero attached hydrogens (tertiary/aromatic N) is 3. The summed E-state index contributed by atoms with van der Waals surface area (Å²) in [5.41, 5.74) is 2.61. The molecule has 0 spiro atoms. The number of halogens is 2. The molecule has 3 aromatic rings. The van der Waals surface area contributed by atoms with Gasteiger partial charge < -0.3 is 15.7 Å². The zero-order valence-electron chi connectivity index (χ0n) is 12.4. The highest BCUT2D eigenvalue weighted by Gasteiger charge is 2.22. The Kier molecular flexibility index (Phi) is 4.01. The van der Waals surface area contributed by atoms with Crippen LogP contribution >= 0.6 is 0 Å². The fourth-order valence-corrected chi connectivity index (χ4v) is 2.23. The van der Waals surface area contributed by atoms with E-state index in [4.69, 9.17) is 10.6 Å². The Balaban J connectivity index is 2.16. The second kappa shape index (κ2) is 6.15. The summed E-state index contributed by atoms with van der Waals surface area (Å²) in [7, 11) is 0. The topological polar surface area (TPSA) is 120 Å². The predicted octanol–water partition coefficient (Wildman–Crippen LogP) is 0.503. The van der Waals surface area contributed by atoms with Gasteiger partial charge in [-0.15, -0.1) is 4.73 Å². The Morgan fingerprint density at radius 1 is 1.32 bits per heavy atom. The van der Waals surface area contributed by atoms with E-state index in [-0.39, 0.29) is 11.0 Å². The number of benzene rings is 1. The molecule has 10 heteroatoms. The van der Waals surface area contributed by atoms with Crippen molar-refractivity contribution >= 4 is 16.9 Å². The Morgan fingerprint density at radius 2 is 2.00 bits per heavy atom. The van der Waals surface area contributed by atoms with Crippen LogP contribution in [0.25, 0.3) is 11.0 Å². The van der Waals surface area contributed by atoms with Crippen molar-refractivity contribution in [2.24, 2.45) is 5.73 Å². The first-order chi connectivity index (χ1) is 11.9. The lowest BCUT2D eigenvalue weighted by molar-refractivity contribution is 0.0891. The number of carbonyl (C=O) groups excluding carboxylic acids is 1. The van der Waals surface area contributed by atoms with E-state index < -0.39 is 46.6 Å². The van der Waals surface area contributed by atoms with Gasteiger partial charge in [-0.25, -0.2) is 18.7 Å². The molecule has 3 rings (SSSR count). The zero-order valence-corrected chi connectivity index (χ0v) is 12.4. The van der Waals surface area contributed by atoms with Crippen molar-refractivity contribution in [2.75, 3.05) is 0 Å². The number of nitrogens with two attached hydrogens (primary N) is 1. The molecule has 8 nitrogen and oxygen atoms in total. The number of aromatic nitrogens is 3. The standard InChI is InChI=1S/C15H10F2N4O4/c16-9-2-1-3-10(17)8(9)5-25-21-14-7(4-19-6-20-14)12(22)11(13(18)23)15(21)24/h1-4,6,22H,5H2,(H2,18,23). The maximum Gasteiger partial charge on any atom is 0.301 e. The molecule has 0 fully saturated rings. The number of aromatic hydroxyl groups is 1. The van der Waals surface area contributed by atoms with Crippen LogP contribution in [0, 0.1) is 11.6 Å². The summed E-state index contributed by atoms with van der Waals surface area (Å²) in [6, 6.07) is 3.22. The van der Waals surface area contributed by atoms with Gasteiger partial charge in [0.2, 0.25) is 0 Å². The van der Waals surface area contributed by atoms with E-state index >= 15 is 0 Å². The highest BCUT2D eigenvalue weighted by molar-refractivity contribution is 6.00. The van der Waals surface area contributed by atoms with Crippen LogP contribution in [0.2, 0.25) is 0 Å². The molecule has 1 amide bonds. The van der Waals surface area contributed by atoms with Crippen molar-refractivity contribution in [3.63, 3.8) is 0 Å². The normalized spacial score (nSPS) is 10.8. The molecule has 25 heavy (non-hydrogen) atoms. The van der Waals surface area contributed by atoms with Crippen molar-refractivity contribution in [2.45, 2.75) is 6.61 Å². The Morgan fingerprint density at radius 3 is 2.64 bits per heavy atom. The minimum atomic E-state index is -1.21. The first-order valence-electron chi connectivity index (χ1n) is 6.85. The Bertz CT molecular complexity index is 1030. The average molecular weight is 348 g/mol. The van der Waals surface area contributed by atoms with Crippen molar-refractivity contribution in [3.8, 4) is 5.75 Å². The van der Waals surface area contributed by atoms with Gasteiger partial charge in [0, 0.05) is 6.20 Å². The monoisotopic (exact) mass is 348 g/mol. The fraction of sp³-hybridized carbons (Fsp3) is 0.0667. The summed E-state index contributed by atoms with van der Waals surface area (Å²) < 4.78 is 27.9. The lowest BCUT2D eigenvalue weighted by Gasteiger charge is -2.13. The third-order valence-corrected chi connectivity index (χ3v) is 3.42. The minimum absolute atomic E-state index is 0.0927. The molecule has 0 saturated heterocycles. The largest absolute Gasteiger partial charge is 0.506 e. The third kappa shape index (κ3) is 2.73. The summed E-state index contributed by atoms with van der Waals surface area (Å²) in [6.07, 6.45) is 2.20. The van der Waals surface area contributed by atoms with E-state index in [9.17, 15) is 23.5 Å². The van der Waals surface area contributed by atoms with E-state index in [2.05, 4.69) is 9.97 Å². The van der Waals surface area contributed by atoms with Gasteiger partial charge in [0.1, 0.15) is 35.9 Å². The summed E-state index contributed by atoms with van der Waals surface area (Å²) in [6.45, 7) is -0.666. The molecule has 3 N–H and O–H groups in total. The van der Waals surface area contributed by atoms with Gasteiger partial charge in [-0.05, 0) is 12.1 Å². The molecule has 0 atom stereocenters. The van der Waals surface area contributed by atoms with E-state index in [1.165, 1.54) is 6.07 Å². The molecule has 2 heterocycles. The summed E-state index contributed by atoms with van der Waals surface area (Å²) in [5.74, 6) is -3.66. The Labute approximate surface area is 138 Å². The molecular formula is C15H10F2N4O4. The molecule has 128 valence electrons. The number of fused-ring (bicyclic) bond motifs is 1. The second-order valence-electron chi connectivity index (χ2n) is 4.92. The van der Waals surface area contributed by atoms with Crippen LogP contribution in [0.4, 0.5) is 8.78 Å². The van der Waals surface area contributed by atoms with Crippen LogP contribution < -0.4 is 16.1 Å². The SMILES string of the molecule is NC(=O)c1c(O)c2cncnc2n(OCc2c(F)cccc2F)c1=O. The number of pyridine rings is 1. The number of primary amides is 1. The summed E-state index contributed by atoms with van der Waals surface area (Å²) in [5, 5.41) is 9.94. The summed E-state index contributed by atoms with van der Waals surface area (Å²) in [4.78, 5) is 36.4. The molecule has 0 aliphatic heterocycles. The third-order valence-electron chi connectivity index (χ3n) is 3.42. The molecule has 2 aromatic heterocycles. The highest BCUT2D eigenvalue weighted by atomic mass is 19.1. The molecule has 1 aromatic carbocycles. The van der Waals surface area contributed by atoms with Crippen LogP contribution in [0.3, 0.4) is 0 Å². The fourth-order valence-electron chi connectivity index (χ4n) is 2.23. The van der Waals surface area contributed by atoms with Crippen LogP contribution in [0.15, 0.2) is 35.5 Å². The molecular weight excluding hydrogens is 338 g/mol. The van der Waals surface area contributed by atoms with Gasteiger partial charge in [0.15, 0.2) is 5.65 Å². The van der Waals surface area contributed by atoms with Crippen molar-refractivity contribution in [3.05, 3.63) is 63.8 Å². The predicted molar refractivity (Wildman–Crippen MR) is 80.6 cm³/mol. The van der Waals surface area contributed by atoms with Gasteiger partial charge in [-0.2, -0.15) is 0 Å². The van der Waals surface area contributed by atoms with Gasteiger partial charge in [-0.3, -0.25) is 9.59 Å². The number of hydrogen-bond acceptors (Lipinski definition) is 6. The van der Waals surface area contributed by atoms with Gasteiger partial charge in [0.05, 0.1) is 10.9 Å².